The molecule has 2 unspecified atom stereocenters. The van der Waals surface area contributed by atoms with Crippen LogP contribution in [0, 0.1) is 5.92 Å². The summed E-state index contributed by atoms with van der Waals surface area (Å²) in [4.78, 5) is 5.15. The van der Waals surface area contributed by atoms with Crippen LogP contribution in [0.1, 0.15) is 13.3 Å². The second-order valence-electron chi connectivity index (χ2n) is 5.42. The van der Waals surface area contributed by atoms with E-state index in [4.69, 9.17) is 4.74 Å². The van der Waals surface area contributed by atoms with Gasteiger partial charge in [0.1, 0.15) is 0 Å². The maximum Gasteiger partial charge on any atom is 0.0594 e. The molecule has 100 valence electrons. The molecule has 0 spiro atoms. The summed E-state index contributed by atoms with van der Waals surface area (Å²) in [6.07, 6.45) is 1.29. The van der Waals surface area contributed by atoms with Gasteiger partial charge in [0, 0.05) is 38.8 Å². The number of nitrogens with one attached hydrogen (secondary N) is 1. The number of ether oxygens (including phenoxy) is 1. The normalized spacial score (nSPS) is 32.8. The lowest BCUT2D eigenvalue weighted by molar-refractivity contribution is 0.0301. The van der Waals surface area contributed by atoms with E-state index in [-0.39, 0.29) is 0 Å². The Morgan fingerprint density at radius 3 is 2.47 bits per heavy atom. The van der Waals surface area contributed by atoms with Gasteiger partial charge in [0.2, 0.25) is 0 Å². The third-order valence-electron chi connectivity index (χ3n) is 4.20. The van der Waals surface area contributed by atoms with Crippen LogP contribution in [-0.2, 0) is 4.74 Å². The van der Waals surface area contributed by atoms with Gasteiger partial charge in [-0.15, -0.1) is 0 Å². The molecule has 2 aliphatic heterocycles. The second kappa shape index (κ2) is 6.69. The molecule has 4 nitrogen and oxygen atoms in total. The second-order valence-corrected chi connectivity index (χ2v) is 5.42. The number of rotatable bonds is 4. The van der Waals surface area contributed by atoms with E-state index in [1.807, 2.05) is 0 Å². The molecule has 2 atom stereocenters. The fourth-order valence-corrected chi connectivity index (χ4v) is 2.97. The van der Waals surface area contributed by atoms with E-state index in [9.17, 15) is 0 Å². The van der Waals surface area contributed by atoms with Crippen LogP contribution in [0.5, 0.6) is 0 Å². The van der Waals surface area contributed by atoms with Crippen LogP contribution in [0.4, 0.5) is 0 Å². The zero-order valence-corrected chi connectivity index (χ0v) is 11.3. The van der Waals surface area contributed by atoms with Gasteiger partial charge in [-0.05, 0) is 25.9 Å². The predicted molar refractivity (Wildman–Crippen MR) is 70.3 cm³/mol. The van der Waals surface area contributed by atoms with E-state index in [0.29, 0.717) is 0 Å². The van der Waals surface area contributed by atoms with Gasteiger partial charge in [0.25, 0.3) is 0 Å². The summed E-state index contributed by atoms with van der Waals surface area (Å²) in [6, 6.07) is 0.717. The van der Waals surface area contributed by atoms with Gasteiger partial charge in [0.05, 0.1) is 13.2 Å². The van der Waals surface area contributed by atoms with Gasteiger partial charge in [-0.3, -0.25) is 4.90 Å². The molecule has 4 heteroatoms. The molecule has 1 N–H and O–H groups in total. The molecule has 17 heavy (non-hydrogen) atoms. The smallest absolute Gasteiger partial charge is 0.0594 e. The van der Waals surface area contributed by atoms with Crippen molar-refractivity contribution in [1.29, 1.82) is 0 Å². The average molecular weight is 241 g/mol. The fraction of sp³-hybridized carbons (Fsp3) is 1.00. The Kier molecular flexibility index (Phi) is 5.22. The average Bonchev–Trinajstić information content (AvgIpc) is 2.38. The van der Waals surface area contributed by atoms with E-state index in [1.165, 1.54) is 32.6 Å². The van der Waals surface area contributed by atoms with Crippen molar-refractivity contribution in [2.45, 2.75) is 19.4 Å². The van der Waals surface area contributed by atoms with Crippen molar-refractivity contribution in [2.75, 3.05) is 59.5 Å². The molecule has 0 aromatic heterocycles. The van der Waals surface area contributed by atoms with Crippen molar-refractivity contribution in [2.24, 2.45) is 5.92 Å². The van der Waals surface area contributed by atoms with Crippen LogP contribution in [-0.4, -0.2) is 75.4 Å². The molecule has 2 saturated heterocycles. The molecular formula is C13H27N3O. The number of piperidine rings is 1. The van der Waals surface area contributed by atoms with Gasteiger partial charge < -0.3 is 15.0 Å². The van der Waals surface area contributed by atoms with E-state index in [1.54, 1.807) is 0 Å². The lowest BCUT2D eigenvalue weighted by Crippen LogP contribution is -2.49. The molecule has 0 saturated carbocycles. The maximum atomic E-state index is 5.37. The Bertz CT molecular complexity index is 219. The van der Waals surface area contributed by atoms with Crippen LogP contribution in [0.3, 0.4) is 0 Å². The Morgan fingerprint density at radius 1 is 1.12 bits per heavy atom. The van der Waals surface area contributed by atoms with Gasteiger partial charge in [0.15, 0.2) is 0 Å². The highest BCUT2D eigenvalue weighted by Crippen LogP contribution is 2.16. The minimum Gasteiger partial charge on any atom is -0.379 e. The zero-order chi connectivity index (χ0) is 12.1. The highest BCUT2D eigenvalue weighted by atomic mass is 16.5. The molecule has 0 aliphatic carbocycles. The van der Waals surface area contributed by atoms with Crippen LogP contribution in [0.2, 0.25) is 0 Å². The molecule has 0 amide bonds. The minimum absolute atomic E-state index is 0.717. The van der Waals surface area contributed by atoms with Crippen molar-refractivity contribution in [3.05, 3.63) is 0 Å². The number of hydrogen-bond acceptors (Lipinski definition) is 4. The lowest BCUT2D eigenvalue weighted by Gasteiger charge is -2.38. The molecule has 2 heterocycles. The third kappa shape index (κ3) is 3.91. The molecular weight excluding hydrogens is 214 g/mol. The Morgan fingerprint density at radius 2 is 1.82 bits per heavy atom. The summed E-state index contributed by atoms with van der Waals surface area (Å²) >= 11 is 0. The molecule has 2 rings (SSSR count). The summed E-state index contributed by atoms with van der Waals surface area (Å²) in [7, 11) is 2.09. The van der Waals surface area contributed by atoms with E-state index >= 15 is 0 Å². The third-order valence-corrected chi connectivity index (χ3v) is 4.20. The summed E-state index contributed by atoms with van der Waals surface area (Å²) in [6.45, 7) is 11.3. The summed E-state index contributed by atoms with van der Waals surface area (Å²) in [5.74, 6) is 0.776. The minimum atomic E-state index is 0.717. The summed E-state index contributed by atoms with van der Waals surface area (Å²) < 4.78 is 5.37. The van der Waals surface area contributed by atoms with Gasteiger partial charge in [-0.25, -0.2) is 0 Å². The fourth-order valence-electron chi connectivity index (χ4n) is 2.97. The highest BCUT2D eigenvalue weighted by Gasteiger charge is 2.24. The number of likely N-dealkylation sites (tertiary alicyclic amines) is 1. The maximum absolute atomic E-state index is 5.37. The lowest BCUT2D eigenvalue weighted by atomic mass is 9.94. The van der Waals surface area contributed by atoms with Crippen molar-refractivity contribution < 1.29 is 4.74 Å². The SMILES string of the molecule is CNC1CCN(CCN2CCOCC2)CC1C. The molecule has 2 aliphatic rings. The monoisotopic (exact) mass is 241 g/mol. The van der Waals surface area contributed by atoms with Gasteiger partial charge in [-0.2, -0.15) is 0 Å². The molecule has 0 aromatic rings. The first kappa shape index (κ1) is 13.3. The van der Waals surface area contributed by atoms with Crippen molar-refractivity contribution in [1.82, 2.24) is 15.1 Å². The number of hydrogen-bond donors (Lipinski definition) is 1. The van der Waals surface area contributed by atoms with E-state index < -0.39 is 0 Å². The van der Waals surface area contributed by atoms with Gasteiger partial charge >= 0.3 is 0 Å². The highest BCUT2D eigenvalue weighted by molar-refractivity contribution is 4.82. The van der Waals surface area contributed by atoms with Crippen molar-refractivity contribution >= 4 is 0 Å². The topological polar surface area (TPSA) is 27.7 Å². The van der Waals surface area contributed by atoms with E-state index in [0.717, 1.165) is 38.3 Å². The zero-order valence-electron chi connectivity index (χ0n) is 11.3. The van der Waals surface area contributed by atoms with Crippen molar-refractivity contribution in [3.8, 4) is 0 Å². The standard InChI is InChI=1S/C13H27N3O/c1-12-11-16(4-3-13(12)14-2)6-5-15-7-9-17-10-8-15/h12-14H,3-11H2,1-2H3. The molecule has 0 aromatic carbocycles. The Balaban J connectivity index is 1.66. The Hall–Kier alpha value is -0.160. The van der Waals surface area contributed by atoms with Crippen molar-refractivity contribution in [3.63, 3.8) is 0 Å². The van der Waals surface area contributed by atoms with Crippen LogP contribution in [0.15, 0.2) is 0 Å². The first-order valence-electron chi connectivity index (χ1n) is 6.99. The first-order valence-corrected chi connectivity index (χ1v) is 6.99. The quantitative estimate of drug-likeness (QED) is 0.763. The van der Waals surface area contributed by atoms with Gasteiger partial charge in [-0.1, -0.05) is 6.92 Å². The summed E-state index contributed by atoms with van der Waals surface area (Å²) in [5, 5.41) is 3.43. The van der Waals surface area contributed by atoms with Crippen LogP contribution < -0.4 is 5.32 Å². The first-order chi connectivity index (χ1) is 8.29. The van der Waals surface area contributed by atoms with Crippen LogP contribution >= 0.6 is 0 Å². The molecule has 0 bridgehead atoms. The van der Waals surface area contributed by atoms with E-state index in [2.05, 4.69) is 29.1 Å². The molecule has 0 radical (unpaired) electrons. The van der Waals surface area contributed by atoms with Crippen LogP contribution in [0.25, 0.3) is 0 Å². The Labute approximate surface area is 105 Å². The number of morpholine rings is 1. The predicted octanol–water partition coefficient (Wildman–Crippen LogP) is 0.248. The summed E-state index contributed by atoms with van der Waals surface area (Å²) in [5.41, 5.74) is 0. The number of nitrogens with zero attached hydrogens (tertiary/aromatic N) is 2. The largest absolute Gasteiger partial charge is 0.379 e. The molecule has 2 fully saturated rings.